The third-order valence-electron chi connectivity index (χ3n) is 6.02. The van der Waals surface area contributed by atoms with Crippen LogP contribution in [0, 0.1) is 12.7 Å². The molecule has 0 saturated carbocycles. The van der Waals surface area contributed by atoms with Gasteiger partial charge in [-0.1, -0.05) is 6.07 Å². The number of benzene rings is 1. The molecule has 5 rings (SSSR count). The number of hydrogen-bond donors (Lipinski definition) is 1. The number of nitrogens with one attached hydrogen (secondary N) is 1. The zero-order valence-electron chi connectivity index (χ0n) is 16.5. The monoisotopic (exact) mass is 395 g/mol. The summed E-state index contributed by atoms with van der Waals surface area (Å²) in [4.78, 5) is 27.0. The predicted molar refractivity (Wildman–Crippen MR) is 105 cm³/mol. The van der Waals surface area contributed by atoms with Crippen LogP contribution in [0.3, 0.4) is 0 Å². The van der Waals surface area contributed by atoms with Crippen LogP contribution in [-0.2, 0) is 32.9 Å². The Bertz CT molecular complexity index is 1200. The minimum Gasteiger partial charge on any atom is -0.331 e. The minimum atomic E-state index is -0.342. The Kier molecular flexibility index (Phi) is 3.97. The molecule has 8 heteroatoms. The summed E-state index contributed by atoms with van der Waals surface area (Å²) in [5, 5.41) is 7.32. The van der Waals surface area contributed by atoms with Gasteiger partial charge in [0.2, 0.25) is 0 Å². The number of carbonyl (C=O) groups is 1. The van der Waals surface area contributed by atoms with Gasteiger partial charge >= 0.3 is 0 Å². The number of amides is 1. The summed E-state index contributed by atoms with van der Waals surface area (Å²) in [6.07, 6.45) is 3.00. The van der Waals surface area contributed by atoms with E-state index in [4.69, 9.17) is 0 Å². The van der Waals surface area contributed by atoms with Gasteiger partial charge in [0.15, 0.2) is 5.69 Å². The largest absolute Gasteiger partial charge is 0.331 e. The van der Waals surface area contributed by atoms with Crippen molar-refractivity contribution in [3.8, 4) is 5.69 Å². The molecule has 0 radical (unpaired) electrons. The van der Waals surface area contributed by atoms with E-state index in [0.717, 1.165) is 47.3 Å². The van der Waals surface area contributed by atoms with Crippen molar-refractivity contribution in [2.24, 2.45) is 7.05 Å². The Labute approximate surface area is 166 Å². The summed E-state index contributed by atoms with van der Waals surface area (Å²) < 4.78 is 17.9. The fourth-order valence-electron chi connectivity index (χ4n) is 4.50. The molecule has 29 heavy (non-hydrogen) atoms. The summed E-state index contributed by atoms with van der Waals surface area (Å²) in [6.45, 7) is 2.68. The van der Waals surface area contributed by atoms with E-state index < -0.39 is 0 Å². The molecule has 1 aliphatic carbocycles. The summed E-state index contributed by atoms with van der Waals surface area (Å²) in [7, 11) is 1.78. The highest BCUT2D eigenvalue weighted by molar-refractivity contribution is 5.94. The Morgan fingerprint density at radius 1 is 1.17 bits per heavy atom. The molecule has 2 aromatic heterocycles. The van der Waals surface area contributed by atoms with Crippen LogP contribution in [0.2, 0.25) is 0 Å². The average Bonchev–Trinajstić information content (AvgIpc) is 3.36. The van der Waals surface area contributed by atoms with E-state index in [1.54, 1.807) is 27.4 Å². The number of hydrogen-bond acceptors (Lipinski definition) is 3. The second kappa shape index (κ2) is 6.43. The molecule has 3 aromatic rings. The van der Waals surface area contributed by atoms with Gasteiger partial charge in [0.05, 0.1) is 12.2 Å². The molecule has 0 atom stereocenters. The fraction of sp³-hybridized carbons (Fsp3) is 0.381. The van der Waals surface area contributed by atoms with E-state index in [0.29, 0.717) is 30.9 Å². The first kappa shape index (κ1) is 17.9. The Balaban J connectivity index is 1.53. The van der Waals surface area contributed by atoms with Gasteiger partial charge in [-0.15, -0.1) is 0 Å². The smallest absolute Gasteiger partial charge is 0.275 e. The molecule has 1 N–H and O–H groups in total. The summed E-state index contributed by atoms with van der Waals surface area (Å²) >= 11 is 0. The van der Waals surface area contributed by atoms with Crippen molar-refractivity contribution in [1.82, 2.24) is 24.5 Å². The van der Waals surface area contributed by atoms with Gasteiger partial charge in [0, 0.05) is 30.4 Å². The lowest BCUT2D eigenvalue weighted by atomic mass is 10.1. The van der Waals surface area contributed by atoms with Crippen LogP contribution >= 0.6 is 0 Å². The number of aromatic nitrogens is 4. The first-order chi connectivity index (χ1) is 13.9. The molecule has 2 aliphatic rings. The number of aryl methyl sites for hydroxylation is 2. The lowest BCUT2D eigenvalue weighted by Gasteiger charge is -2.26. The molecule has 0 bridgehead atoms. The van der Waals surface area contributed by atoms with Crippen molar-refractivity contribution >= 4 is 5.91 Å². The number of carbonyl (C=O) groups excluding carboxylic acids is 1. The molecule has 0 spiro atoms. The Morgan fingerprint density at radius 3 is 2.79 bits per heavy atom. The molecule has 1 aromatic carbocycles. The maximum Gasteiger partial charge on any atom is 0.275 e. The topological polar surface area (TPSA) is 75.9 Å². The highest BCUT2D eigenvalue weighted by Gasteiger charge is 2.32. The van der Waals surface area contributed by atoms with Crippen LogP contribution in [0.1, 0.15) is 45.0 Å². The van der Waals surface area contributed by atoms with Gasteiger partial charge in [-0.2, -0.15) is 5.10 Å². The van der Waals surface area contributed by atoms with Crippen molar-refractivity contribution < 1.29 is 9.18 Å². The first-order valence-electron chi connectivity index (χ1n) is 9.87. The van der Waals surface area contributed by atoms with Crippen molar-refractivity contribution in [1.29, 1.82) is 0 Å². The third kappa shape index (κ3) is 2.73. The third-order valence-corrected chi connectivity index (χ3v) is 6.02. The quantitative estimate of drug-likeness (QED) is 0.722. The van der Waals surface area contributed by atoms with Crippen molar-refractivity contribution in [3.05, 3.63) is 68.1 Å². The number of nitrogens with zero attached hydrogens (tertiary/aromatic N) is 4. The lowest BCUT2D eigenvalue weighted by Crippen LogP contribution is -2.38. The van der Waals surface area contributed by atoms with E-state index in [2.05, 4.69) is 10.2 Å². The molecule has 7 nitrogen and oxygen atoms in total. The number of rotatable bonds is 2. The van der Waals surface area contributed by atoms with Gasteiger partial charge in [0.25, 0.3) is 11.5 Å². The van der Waals surface area contributed by atoms with Crippen LogP contribution in [0.15, 0.2) is 23.0 Å². The molecule has 1 aliphatic heterocycles. The van der Waals surface area contributed by atoms with Crippen LogP contribution < -0.4 is 5.56 Å². The van der Waals surface area contributed by atoms with E-state index in [9.17, 15) is 14.0 Å². The zero-order chi connectivity index (χ0) is 20.3. The molecule has 1 amide bonds. The van der Waals surface area contributed by atoms with E-state index in [1.807, 2.05) is 13.0 Å². The van der Waals surface area contributed by atoms with Gasteiger partial charge in [-0.05, 0) is 50.3 Å². The van der Waals surface area contributed by atoms with Gasteiger partial charge in [-0.25, -0.2) is 9.07 Å². The Morgan fingerprint density at radius 2 is 2.00 bits per heavy atom. The summed E-state index contributed by atoms with van der Waals surface area (Å²) in [5.74, 6) is -0.500. The molecule has 150 valence electrons. The summed E-state index contributed by atoms with van der Waals surface area (Å²) in [5.41, 5.74) is 4.95. The molecular weight excluding hydrogens is 373 g/mol. The number of fused-ring (bicyclic) bond motifs is 2. The normalized spacial score (nSPS) is 15.5. The predicted octanol–water partition coefficient (Wildman–Crippen LogP) is 2.03. The van der Waals surface area contributed by atoms with Crippen LogP contribution in [0.25, 0.3) is 5.69 Å². The van der Waals surface area contributed by atoms with Crippen LogP contribution in [-0.4, -0.2) is 36.9 Å². The van der Waals surface area contributed by atoms with Crippen molar-refractivity contribution in [3.63, 3.8) is 0 Å². The highest BCUT2D eigenvalue weighted by Crippen LogP contribution is 2.30. The number of aromatic amines is 1. The van der Waals surface area contributed by atoms with Crippen molar-refractivity contribution in [2.45, 2.75) is 39.2 Å². The van der Waals surface area contributed by atoms with Gasteiger partial charge in [0.1, 0.15) is 11.5 Å². The van der Waals surface area contributed by atoms with Crippen LogP contribution in [0.5, 0.6) is 0 Å². The average molecular weight is 395 g/mol. The maximum absolute atomic E-state index is 14.6. The number of H-pyrrole nitrogens is 1. The molecule has 0 saturated heterocycles. The van der Waals surface area contributed by atoms with E-state index >= 15 is 0 Å². The number of halogens is 1. The SMILES string of the molecule is Cc1ccc(-n2nc(C(=O)N3CCc4c(n(C)[nH]c4=O)C3)c3c2CCC3)c(F)c1. The second-order valence-corrected chi connectivity index (χ2v) is 7.90. The van der Waals surface area contributed by atoms with E-state index in [1.165, 1.54) is 6.07 Å². The standard InChI is InChI=1S/C21H22FN5O2/c1-12-6-7-17(15(22)10-12)27-16-5-3-4-13(16)19(23-27)21(29)26-9-8-14-18(11-26)25(2)24-20(14)28/h6-7,10H,3-5,8-9,11H2,1-2H3,(H,24,28). The first-order valence-corrected chi connectivity index (χ1v) is 9.87. The zero-order valence-corrected chi connectivity index (χ0v) is 16.5. The molecule has 3 heterocycles. The second-order valence-electron chi connectivity index (χ2n) is 7.90. The van der Waals surface area contributed by atoms with Crippen LogP contribution in [0.4, 0.5) is 4.39 Å². The van der Waals surface area contributed by atoms with Crippen molar-refractivity contribution in [2.75, 3.05) is 6.54 Å². The lowest BCUT2D eigenvalue weighted by molar-refractivity contribution is 0.0722. The van der Waals surface area contributed by atoms with Gasteiger partial charge in [-0.3, -0.25) is 19.4 Å². The molecule has 0 fully saturated rings. The minimum absolute atomic E-state index is 0.0883. The molecule has 0 unspecified atom stereocenters. The summed E-state index contributed by atoms with van der Waals surface area (Å²) in [6, 6.07) is 5.05. The fourth-order valence-corrected chi connectivity index (χ4v) is 4.50. The van der Waals surface area contributed by atoms with E-state index in [-0.39, 0.29) is 17.3 Å². The molecular formula is C21H22FN5O2. The maximum atomic E-state index is 14.6. The highest BCUT2D eigenvalue weighted by atomic mass is 19.1. The van der Waals surface area contributed by atoms with Gasteiger partial charge < -0.3 is 4.90 Å². The Hall–Kier alpha value is -3.16.